The number of hydrogen-bond donors (Lipinski definition) is 0. The lowest BCUT2D eigenvalue weighted by atomic mass is 9.84. The molecule has 0 saturated carbocycles. The second-order valence-electron chi connectivity index (χ2n) is 16.6. The minimum atomic E-state index is 0.120. The van der Waals surface area contributed by atoms with E-state index in [1.54, 1.807) is 0 Å². The number of furan rings is 1. The Bertz CT molecular complexity index is 3750. The molecular formula is C58H37N3OS. The maximum Gasteiger partial charge on any atom is 0.167 e. The van der Waals surface area contributed by atoms with Crippen molar-refractivity contribution >= 4 is 64.2 Å². The number of rotatable bonds is 5. The van der Waals surface area contributed by atoms with Crippen molar-refractivity contribution in [3.05, 3.63) is 211 Å². The minimum Gasteiger partial charge on any atom is -0.455 e. The summed E-state index contributed by atoms with van der Waals surface area (Å²) in [6, 6.07) is 69.7. The van der Waals surface area contributed by atoms with E-state index in [4.69, 9.17) is 19.4 Å². The molecule has 5 heteroatoms. The van der Waals surface area contributed by atoms with Crippen molar-refractivity contribution in [2.24, 2.45) is 0 Å². The van der Waals surface area contributed by atoms with Gasteiger partial charge < -0.3 is 4.42 Å². The largest absolute Gasteiger partial charge is 0.455 e. The molecule has 0 N–H and O–H groups in total. The third-order valence-corrected chi connectivity index (χ3v) is 14.1. The summed E-state index contributed by atoms with van der Waals surface area (Å²) in [6.45, 7) is 0. The second kappa shape index (κ2) is 14.4. The molecule has 3 aromatic heterocycles. The van der Waals surface area contributed by atoms with Gasteiger partial charge in [0.05, 0.1) is 5.56 Å². The van der Waals surface area contributed by atoms with Gasteiger partial charge in [-0.15, -0.1) is 11.3 Å². The Morgan fingerprint density at radius 1 is 0.429 bits per heavy atom. The summed E-state index contributed by atoms with van der Waals surface area (Å²) in [4.78, 5) is 16.0. The van der Waals surface area contributed by atoms with Crippen LogP contribution in [-0.4, -0.2) is 15.0 Å². The third kappa shape index (κ3) is 6.07. The van der Waals surface area contributed by atoms with Crippen molar-refractivity contribution < 1.29 is 4.42 Å². The number of para-hydroxylation sites is 1. The highest BCUT2D eigenvalue weighted by molar-refractivity contribution is 7.25. The number of aryl methyl sites for hydroxylation is 1. The van der Waals surface area contributed by atoms with E-state index < -0.39 is 0 Å². The van der Waals surface area contributed by atoms with E-state index in [0.29, 0.717) is 17.5 Å². The zero-order valence-corrected chi connectivity index (χ0v) is 34.9. The first kappa shape index (κ1) is 36.0. The maximum absolute atomic E-state index is 6.82. The van der Waals surface area contributed by atoms with E-state index in [2.05, 4.69) is 182 Å². The van der Waals surface area contributed by atoms with Crippen molar-refractivity contribution in [3.63, 3.8) is 0 Å². The van der Waals surface area contributed by atoms with Crippen molar-refractivity contribution in [3.8, 4) is 56.4 Å². The Balaban J connectivity index is 1.03. The third-order valence-electron chi connectivity index (χ3n) is 13.0. The quantitative estimate of drug-likeness (QED) is 0.173. The van der Waals surface area contributed by atoms with E-state index in [9.17, 15) is 0 Å². The van der Waals surface area contributed by atoms with Crippen LogP contribution in [0, 0.1) is 0 Å². The summed E-state index contributed by atoms with van der Waals surface area (Å²) in [6.07, 6.45) is 1.91. The van der Waals surface area contributed by atoms with E-state index in [0.717, 1.165) is 62.6 Å². The number of fused-ring (bicyclic) bond motifs is 10. The molecule has 0 spiro atoms. The normalized spacial score (nSPS) is 13.7. The van der Waals surface area contributed by atoms with Gasteiger partial charge in [0.2, 0.25) is 0 Å². The number of aromatic nitrogens is 3. The molecule has 0 aliphatic heterocycles. The van der Waals surface area contributed by atoms with Gasteiger partial charge in [0.1, 0.15) is 11.2 Å². The average Bonchev–Trinajstić information content (AvgIpc) is 3.87. The molecule has 1 unspecified atom stereocenters. The Hall–Kier alpha value is -7.73. The highest BCUT2D eigenvalue weighted by Crippen LogP contribution is 2.46. The predicted molar refractivity (Wildman–Crippen MR) is 261 cm³/mol. The van der Waals surface area contributed by atoms with Gasteiger partial charge in [0.25, 0.3) is 0 Å². The molecule has 63 heavy (non-hydrogen) atoms. The molecule has 296 valence electrons. The Kier molecular flexibility index (Phi) is 8.25. The van der Waals surface area contributed by atoms with Crippen molar-refractivity contribution in [1.82, 2.24) is 15.0 Å². The molecule has 1 aliphatic rings. The van der Waals surface area contributed by atoms with Crippen LogP contribution in [0.15, 0.2) is 199 Å². The van der Waals surface area contributed by atoms with Gasteiger partial charge in [0, 0.05) is 48.0 Å². The summed E-state index contributed by atoms with van der Waals surface area (Å²) in [7, 11) is 0. The first-order chi connectivity index (χ1) is 31.2. The smallest absolute Gasteiger partial charge is 0.167 e. The van der Waals surface area contributed by atoms with Crippen LogP contribution in [0.3, 0.4) is 0 Å². The second-order valence-corrected chi connectivity index (χ2v) is 17.7. The van der Waals surface area contributed by atoms with Crippen LogP contribution in [0.5, 0.6) is 0 Å². The van der Waals surface area contributed by atoms with Crippen LogP contribution in [-0.2, 0) is 6.42 Å². The first-order valence-corrected chi connectivity index (χ1v) is 22.4. The molecule has 0 fully saturated rings. The van der Waals surface area contributed by atoms with Gasteiger partial charge in [-0.05, 0) is 111 Å². The highest BCUT2D eigenvalue weighted by atomic mass is 32.1. The van der Waals surface area contributed by atoms with E-state index in [1.807, 2.05) is 23.5 Å². The summed E-state index contributed by atoms with van der Waals surface area (Å²) in [5, 5.41) is 7.12. The zero-order valence-electron chi connectivity index (χ0n) is 34.1. The molecule has 0 radical (unpaired) electrons. The van der Waals surface area contributed by atoms with Crippen LogP contribution in [0.1, 0.15) is 29.0 Å². The molecule has 1 aliphatic carbocycles. The van der Waals surface area contributed by atoms with Gasteiger partial charge in [-0.3, -0.25) is 0 Å². The number of thiophene rings is 1. The zero-order chi connectivity index (χ0) is 41.4. The molecule has 1 atom stereocenters. The molecule has 4 nitrogen and oxygen atoms in total. The fraction of sp³-hybridized carbons (Fsp3) is 0.0517. The highest BCUT2D eigenvalue weighted by Gasteiger charge is 2.27. The number of benzene rings is 9. The fourth-order valence-corrected chi connectivity index (χ4v) is 11.0. The fourth-order valence-electron chi connectivity index (χ4n) is 9.87. The number of hydrogen-bond acceptors (Lipinski definition) is 5. The molecular weight excluding hydrogens is 787 g/mol. The maximum atomic E-state index is 6.82. The summed E-state index contributed by atoms with van der Waals surface area (Å²) in [5.74, 6) is 1.94. The Morgan fingerprint density at radius 3 is 1.95 bits per heavy atom. The first-order valence-electron chi connectivity index (χ1n) is 21.6. The molecule has 9 aromatic carbocycles. The SMILES string of the molecule is c1ccc(-c2ccc(-c3nc(-c4ccc5sc6ccccc6c5c4)nc(-c4cc(C5CCc6cc7ccccc7cc6-c6ccccc65)cc5c4oc4ccccc45)n3)cc2)cc1. The van der Waals surface area contributed by atoms with Gasteiger partial charge in [0.15, 0.2) is 17.5 Å². The lowest BCUT2D eigenvalue weighted by Crippen LogP contribution is -2.04. The molecule has 0 amide bonds. The van der Waals surface area contributed by atoms with Gasteiger partial charge >= 0.3 is 0 Å². The Labute approximate surface area is 367 Å². The summed E-state index contributed by atoms with van der Waals surface area (Å²) in [5.41, 5.74) is 13.2. The van der Waals surface area contributed by atoms with Gasteiger partial charge in [-0.25, -0.2) is 15.0 Å². The standard InChI is InChI=1S/C58H37N3OS/c1-2-12-35(13-3-1)36-22-24-37(25-23-36)56-59-57(41-27-29-54-49(32-41)47-19-9-11-21-53(47)63-54)61-58(60-56)51-34-42(33-50-46-18-8-10-20-52(46)62-55(50)51)43-28-26-40-30-38-14-4-5-15-39(38)31-48(40)45-17-7-6-16-44(43)45/h1-25,27,29-34,43H,26,28H2. The monoisotopic (exact) mass is 823 g/mol. The molecule has 12 aromatic rings. The van der Waals surface area contributed by atoms with Crippen molar-refractivity contribution in [2.45, 2.75) is 18.8 Å². The summed E-state index contributed by atoms with van der Waals surface area (Å²) >= 11 is 1.81. The van der Waals surface area contributed by atoms with Crippen molar-refractivity contribution in [1.29, 1.82) is 0 Å². The van der Waals surface area contributed by atoms with Crippen LogP contribution < -0.4 is 0 Å². The van der Waals surface area contributed by atoms with Gasteiger partial charge in [-0.1, -0.05) is 146 Å². The van der Waals surface area contributed by atoms with E-state index in [1.165, 1.54) is 58.8 Å². The Morgan fingerprint density at radius 2 is 1.08 bits per heavy atom. The predicted octanol–water partition coefficient (Wildman–Crippen LogP) is 15.7. The average molecular weight is 824 g/mol. The minimum absolute atomic E-state index is 0.120. The van der Waals surface area contributed by atoms with Crippen LogP contribution in [0.4, 0.5) is 0 Å². The van der Waals surface area contributed by atoms with E-state index in [-0.39, 0.29) is 5.92 Å². The lowest BCUT2D eigenvalue weighted by molar-refractivity contribution is 0.668. The van der Waals surface area contributed by atoms with Crippen LogP contribution >= 0.6 is 11.3 Å². The van der Waals surface area contributed by atoms with E-state index >= 15 is 0 Å². The number of nitrogens with zero attached hydrogens (tertiary/aromatic N) is 3. The van der Waals surface area contributed by atoms with Gasteiger partial charge in [-0.2, -0.15) is 0 Å². The topological polar surface area (TPSA) is 51.8 Å². The molecule has 3 heterocycles. The van der Waals surface area contributed by atoms with Crippen LogP contribution in [0.2, 0.25) is 0 Å². The molecule has 0 bridgehead atoms. The van der Waals surface area contributed by atoms with Crippen molar-refractivity contribution in [2.75, 3.05) is 0 Å². The summed E-state index contributed by atoms with van der Waals surface area (Å²) < 4.78 is 9.32. The molecule has 0 saturated heterocycles. The lowest BCUT2D eigenvalue weighted by Gasteiger charge is -2.20. The van der Waals surface area contributed by atoms with Crippen LogP contribution in [0.25, 0.3) is 109 Å². The molecule has 13 rings (SSSR count).